The van der Waals surface area contributed by atoms with E-state index in [0.29, 0.717) is 30.8 Å². The molecule has 132 valence electrons. The van der Waals surface area contributed by atoms with Crippen molar-refractivity contribution in [3.63, 3.8) is 0 Å². The van der Waals surface area contributed by atoms with E-state index in [1.807, 2.05) is 0 Å². The second-order valence-corrected chi connectivity index (χ2v) is 7.01. The van der Waals surface area contributed by atoms with Crippen LogP contribution in [0.1, 0.15) is 52.9 Å². The van der Waals surface area contributed by atoms with Crippen molar-refractivity contribution in [3.05, 3.63) is 0 Å². The Morgan fingerprint density at radius 2 is 2.09 bits per heavy atom. The van der Waals surface area contributed by atoms with Gasteiger partial charge in [-0.25, -0.2) is 9.59 Å². The van der Waals surface area contributed by atoms with Gasteiger partial charge in [0, 0.05) is 12.8 Å². The Hall–Kier alpha value is -1.47. The van der Waals surface area contributed by atoms with Crippen molar-refractivity contribution in [2.45, 2.75) is 70.6 Å². The number of ether oxygens (including phenoxy) is 1. The number of rotatable bonds is 7. The minimum absolute atomic E-state index is 0.137. The summed E-state index contributed by atoms with van der Waals surface area (Å²) in [4.78, 5) is 36.4. The van der Waals surface area contributed by atoms with Crippen LogP contribution in [0.2, 0.25) is 0 Å². The zero-order valence-corrected chi connectivity index (χ0v) is 14.4. The van der Waals surface area contributed by atoms with E-state index >= 15 is 0 Å². The van der Waals surface area contributed by atoms with Crippen molar-refractivity contribution in [3.8, 4) is 0 Å². The number of nitrogens with one attached hydrogen (secondary N) is 2. The number of likely N-dealkylation sites (tertiary alicyclic amines) is 1. The zero-order valence-electron chi connectivity index (χ0n) is 14.4. The predicted octanol–water partition coefficient (Wildman–Crippen LogP) is -0.218. The summed E-state index contributed by atoms with van der Waals surface area (Å²) in [5.74, 6) is -0.137. The molecule has 4 N–H and O–H groups in total. The molecule has 7 heteroatoms. The molecule has 0 spiro atoms. The van der Waals surface area contributed by atoms with E-state index in [0.717, 1.165) is 25.5 Å². The molecule has 1 unspecified atom stereocenters. The lowest BCUT2D eigenvalue weighted by Gasteiger charge is -2.25. The van der Waals surface area contributed by atoms with Crippen molar-refractivity contribution in [1.29, 1.82) is 0 Å². The van der Waals surface area contributed by atoms with E-state index in [1.54, 1.807) is 20.8 Å². The smallest absolute Gasteiger partial charge is 0.408 e. The fourth-order valence-electron chi connectivity index (χ4n) is 2.76. The Kier molecular flexibility index (Phi) is 7.64. The lowest BCUT2D eigenvalue weighted by Crippen LogP contribution is -3.18. The summed E-state index contributed by atoms with van der Waals surface area (Å²) in [5.41, 5.74) is 4.87. The molecule has 1 aliphatic rings. The van der Waals surface area contributed by atoms with E-state index < -0.39 is 17.7 Å². The van der Waals surface area contributed by atoms with E-state index in [-0.39, 0.29) is 11.9 Å². The Morgan fingerprint density at radius 1 is 1.39 bits per heavy atom. The number of alkyl carbamates (subject to hydrolysis) is 1. The van der Waals surface area contributed by atoms with Crippen LogP contribution in [-0.4, -0.2) is 49.1 Å². The highest BCUT2D eigenvalue weighted by Gasteiger charge is 2.39. The summed E-state index contributed by atoms with van der Waals surface area (Å²) >= 11 is 0. The van der Waals surface area contributed by atoms with Crippen LogP contribution in [-0.2, 0) is 14.3 Å². The minimum atomic E-state index is -0.646. The van der Waals surface area contributed by atoms with E-state index in [4.69, 9.17) is 10.5 Å². The van der Waals surface area contributed by atoms with Gasteiger partial charge in [-0.3, -0.25) is 9.69 Å². The quantitative estimate of drug-likeness (QED) is 0.443. The van der Waals surface area contributed by atoms with Crippen LogP contribution in [0, 0.1) is 0 Å². The number of carbonyl (C=O) groups excluding carboxylic acids is 3. The number of hydrogen-bond donors (Lipinski definition) is 3. The van der Waals surface area contributed by atoms with Crippen LogP contribution in [0.25, 0.3) is 0 Å². The zero-order chi connectivity index (χ0) is 17.5. The fourth-order valence-corrected chi connectivity index (χ4v) is 2.76. The van der Waals surface area contributed by atoms with Gasteiger partial charge in [-0.15, -0.1) is 0 Å². The SMILES string of the molecule is CC(C)(C)OC(=O)N[C@@H](CCCCN)C(=O)[NH+]1CCC[C@H]1C=O. The molecule has 0 aromatic heterocycles. The molecular weight excluding hydrogens is 298 g/mol. The molecule has 1 heterocycles. The highest BCUT2D eigenvalue weighted by atomic mass is 16.6. The van der Waals surface area contributed by atoms with Gasteiger partial charge < -0.3 is 15.8 Å². The van der Waals surface area contributed by atoms with Crippen LogP contribution >= 0.6 is 0 Å². The van der Waals surface area contributed by atoms with E-state index in [9.17, 15) is 14.4 Å². The monoisotopic (exact) mass is 328 g/mol. The standard InChI is InChI=1S/C16H29N3O4/c1-16(2,3)23-15(22)18-13(8-4-5-9-17)14(21)19-10-6-7-12(19)11-20/h11-13H,4-10,17H2,1-3H3,(H,18,22)/p+1/t12-,13-/m0/s1. The first-order chi connectivity index (χ1) is 10.8. The fraction of sp³-hybridized carbons (Fsp3) is 0.812. The summed E-state index contributed by atoms with van der Waals surface area (Å²) in [7, 11) is 0. The molecule has 7 nitrogen and oxygen atoms in total. The number of quaternary nitrogens is 1. The van der Waals surface area contributed by atoms with Crippen LogP contribution < -0.4 is 16.0 Å². The van der Waals surface area contributed by atoms with Gasteiger partial charge >= 0.3 is 12.0 Å². The predicted molar refractivity (Wildman–Crippen MR) is 86.0 cm³/mol. The number of aldehydes is 1. The molecule has 3 atom stereocenters. The van der Waals surface area contributed by atoms with Crippen molar-refractivity contribution >= 4 is 18.3 Å². The van der Waals surface area contributed by atoms with Gasteiger partial charge in [0.15, 0.2) is 12.3 Å². The maximum atomic E-state index is 12.7. The normalized spacial score (nSPS) is 22.4. The third kappa shape index (κ3) is 6.66. The largest absolute Gasteiger partial charge is 0.444 e. The summed E-state index contributed by atoms with van der Waals surface area (Å²) in [6, 6.07) is -0.952. The van der Waals surface area contributed by atoms with Gasteiger partial charge in [-0.05, 0) is 46.6 Å². The molecule has 1 fully saturated rings. The molecule has 0 saturated carbocycles. The molecule has 0 aliphatic carbocycles. The molecule has 0 aromatic carbocycles. The molecule has 2 amide bonds. The number of hydrogen-bond acceptors (Lipinski definition) is 5. The molecule has 1 rings (SSSR count). The highest BCUT2D eigenvalue weighted by Crippen LogP contribution is 2.08. The van der Waals surface area contributed by atoms with Crippen LogP contribution in [0.4, 0.5) is 4.79 Å². The molecule has 0 radical (unpaired) electrons. The number of nitrogens with two attached hydrogens (primary N) is 1. The number of unbranched alkanes of at least 4 members (excludes halogenated alkanes) is 1. The summed E-state index contributed by atoms with van der Waals surface area (Å²) in [6.45, 7) is 6.48. The van der Waals surface area contributed by atoms with Gasteiger partial charge in [-0.2, -0.15) is 0 Å². The average Bonchev–Trinajstić information content (AvgIpc) is 2.92. The van der Waals surface area contributed by atoms with Crippen LogP contribution in [0.3, 0.4) is 0 Å². The summed E-state index contributed by atoms with van der Waals surface area (Å²) in [6.07, 6.45) is 3.81. The van der Waals surface area contributed by atoms with Crippen molar-refractivity contribution in [2.24, 2.45) is 5.73 Å². The van der Waals surface area contributed by atoms with Gasteiger partial charge in [0.1, 0.15) is 11.6 Å². The van der Waals surface area contributed by atoms with Crippen LogP contribution in [0.5, 0.6) is 0 Å². The van der Waals surface area contributed by atoms with E-state index in [2.05, 4.69) is 5.32 Å². The minimum Gasteiger partial charge on any atom is -0.444 e. The maximum Gasteiger partial charge on any atom is 0.408 e. The third-order valence-electron chi connectivity index (χ3n) is 3.84. The van der Waals surface area contributed by atoms with Crippen LogP contribution in [0.15, 0.2) is 0 Å². The van der Waals surface area contributed by atoms with E-state index in [1.165, 1.54) is 0 Å². The summed E-state index contributed by atoms with van der Waals surface area (Å²) < 4.78 is 5.23. The second-order valence-electron chi connectivity index (χ2n) is 7.01. The molecule has 1 saturated heterocycles. The number of amides is 2. The Labute approximate surface area is 137 Å². The summed E-state index contributed by atoms with van der Waals surface area (Å²) in [5, 5.41) is 2.67. The van der Waals surface area contributed by atoms with Gasteiger partial charge in [0.25, 0.3) is 0 Å². The van der Waals surface area contributed by atoms with Gasteiger partial charge in [-0.1, -0.05) is 0 Å². The maximum absolute atomic E-state index is 12.7. The average molecular weight is 328 g/mol. The second kappa shape index (κ2) is 8.98. The molecule has 0 aromatic rings. The van der Waals surface area contributed by atoms with Gasteiger partial charge in [0.05, 0.1) is 6.54 Å². The Bertz CT molecular complexity index is 420. The van der Waals surface area contributed by atoms with Gasteiger partial charge in [0.2, 0.25) is 0 Å². The molecular formula is C16H30N3O4+. The lowest BCUT2D eigenvalue weighted by molar-refractivity contribution is -0.823. The first kappa shape index (κ1) is 19.6. The topological polar surface area (TPSA) is 103 Å². The number of carbonyl (C=O) groups is 3. The molecule has 0 bridgehead atoms. The molecule has 23 heavy (non-hydrogen) atoms. The Morgan fingerprint density at radius 3 is 2.65 bits per heavy atom. The lowest BCUT2D eigenvalue weighted by atomic mass is 10.1. The first-order valence-electron chi connectivity index (χ1n) is 8.33. The Balaban J connectivity index is 2.72. The third-order valence-corrected chi connectivity index (χ3v) is 3.84. The van der Waals surface area contributed by atoms with Crippen molar-refractivity contribution < 1.29 is 24.0 Å². The first-order valence-corrected chi connectivity index (χ1v) is 8.33. The van der Waals surface area contributed by atoms with Crippen molar-refractivity contribution in [2.75, 3.05) is 13.1 Å². The highest BCUT2D eigenvalue weighted by molar-refractivity contribution is 5.80. The van der Waals surface area contributed by atoms with Crippen molar-refractivity contribution in [1.82, 2.24) is 5.32 Å². The molecule has 1 aliphatic heterocycles.